The normalized spacial score (nSPS) is 13.7. The Morgan fingerprint density at radius 2 is 1.48 bits per heavy atom. The highest BCUT2D eigenvalue weighted by Gasteiger charge is 2.35. The SMILES string of the molecule is Cc1[nH]c2ccccc2c1C(=O)[C@H](C)OC(=O)C1c2ccccc2Oc2ccccc21. The molecule has 31 heavy (non-hydrogen) atoms. The van der Waals surface area contributed by atoms with E-state index >= 15 is 0 Å². The van der Waals surface area contributed by atoms with Crippen LogP contribution in [0.25, 0.3) is 10.9 Å². The number of ether oxygens (including phenoxy) is 2. The fourth-order valence-electron chi connectivity index (χ4n) is 4.26. The monoisotopic (exact) mass is 411 g/mol. The number of H-pyrrole nitrogens is 1. The maximum absolute atomic E-state index is 13.3. The molecule has 154 valence electrons. The van der Waals surface area contributed by atoms with Gasteiger partial charge in [-0.3, -0.25) is 9.59 Å². The minimum Gasteiger partial charge on any atom is -0.457 e. The summed E-state index contributed by atoms with van der Waals surface area (Å²) in [5, 5.41) is 0.828. The molecule has 5 nitrogen and oxygen atoms in total. The minimum atomic E-state index is -0.924. The number of esters is 1. The number of carbonyl (C=O) groups is 2. The average Bonchev–Trinajstić information content (AvgIpc) is 3.12. The Morgan fingerprint density at radius 1 is 0.903 bits per heavy atom. The molecule has 3 aromatic carbocycles. The predicted molar refractivity (Wildman–Crippen MR) is 118 cm³/mol. The number of fused-ring (bicyclic) bond motifs is 3. The van der Waals surface area contributed by atoms with Crippen LogP contribution in [0.5, 0.6) is 11.5 Å². The van der Waals surface area contributed by atoms with Crippen LogP contribution in [0.3, 0.4) is 0 Å². The first-order valence-electron chi connectivity index (χ1n) is 10.2. The predicted octanol–water partition coefficient (Wildman–Crippen LogP) is 5.53. The molecule has 1 aromatic heterocycles. The third-order valence-electron chi connectivity index (χ3n) is 5.72. The summed E-state index contributed by atoms with van der Waals surface area (Å²) in [6.07, 6.45) is -0.924. The molecular weight excluding hydrogens is 390 g/mol. The molecule has 0 unspecified atom stereocenters. The van der Waals surface area contributed by atoms with Crippen molar-refractivity contribution in [2.75, 3.05) is 0 Å². The molecular formula is C26H21NO4. The lowest BCUT2D eigenvalue weighted by Gasteiger charge is -2.27. The van der Waals surface area contributed by atoms with Crippen molar-refractivity contribution in [3.05, 3.63) is 95.2 Å². The van der Waals surface area contributed by atoms with Crippen LogP contribution in [0.2, 0.25) is 0 Å². The Balaban J connectivity index is 1.47. The van der Waals surface area contributed by atoms with E-state index in [1.807, 2.05) is 79.7 Å². The van der Waals surface area contributed by atoms with Gasteiger partial charge in [-0.05, 0) is 32.0 Å². The van der Waals surface area contributed by atoms with Crippen molar-refractivity contribution in [1.82, 2.24) is 4.98 Å². The maximum atomic E-state index is 13.3. The number of aromatic amines is 1. The molecule has 4 aromatic rings. The first kappa shape index (κ1) is 19.1. The lowest BCUT2D eigenvalue weighted by atomic mass is 9.88. The number of nitrogens with one attached hydrogen (secondary N) is 1. The van der Waals surface area contributed by atoms with Gasteiger partial charge in [-0.2, -0.15) is 0 Å². The second-order valence-corrected chi connectivity index (χ2v) is 7.72. The zero-order chi connectivity index (χ0) is 21.5. The van der Waals surface area contributed by atoms with Crippen LogP contribution in [0.15, 0.2) is 72.8 Å². The van der Waals surface area contributed by atoms with Crippen LogP contribution >= 0.6 is 0 Å². The first-order valence-corrected chi connectivity index (χ1v) is 10.2. The number of aryl methyl sites for hydroxylation is 1. The number of hydrogen-bond acceptors (Lipinski definition) is 4. The van der Waals surface area contributed by atoms with Crippen molar-refractivity contribution < 1.29 is 19.1 Å². The molecule has 0 saturated heterocycles. The molecule has 1 N–H and O–H groups in total. The molecule has 5 rings (SSSR count). The summed E-state index contributed by atoms with van der Waals surface area (Å²) in [5.74, 6) is -0.108. The molecule has 0 spiro atoms. The van der Waals surface area contributed by atoms with E-state index in [1.54, 1.807) is 6.92 Å². The molecule has 1 aliphatic rings. The number of benzene rings is 3. The average molecular weight is 411 g/mol. The summed E-state index contributed by atoms with van der Waals surface area (Å²) in [7, 11) is 0. The highest BCUT2D eigenvalue weighted by Crippen LogP contribution is 2.44. The van der Waals surface area contributed by atoms with Crippen molar-refractivity contribution >= 4 is 22.7 Å². The number of rotatable bonds is 4. The van der Waals surface area contributed by atoms with Crippen molar-refractivity contribution in [3.8, 4) is 11.5 Å². The van der Waals surface area contributed by atoms with Crippen molar-refractivity contribution in [2.24, 2.45) is 0 Å². The third-order valence-corrected chi connectivity index (χ3v) is 5.72. The molecule has 0 fully saturated rings. The second-order valence-electron chi connectivity index (χ2n) is 7.72. The summed E-state index contributed by atoms with van der Waals surface area (Å²) in [6.45, 7) is 3.48. The minimum absolute atomic E-state index is 0.225. The van der Waals surface area contributed by atoms with Crippen LogP contribution in [0.1, 0.15) is 40.0 Å². The van der Waals surface area contributed by atoms with E-state index in [-0.39, 0.29) is 5.78 Å². The van der Waals surface area contributed by atoms with Crippen molar-refractivity contribution in [2.45, 2.75) is 25.9 Å². The number of carbonyl (C=O) groups excluding carboxylic acids is 2. The van der Waals surface area contributed by atoms with Crippen LogP contribution in [0, 0.1) is 6.92 Å². The van der Waals surface area contributed by atoms with Crippen LogP contribution < -0.4 is 4.74 Å². The Morgan fingerprint density at radius 3 is 2.16 bits per heavy atom. The molecule has 0 amide bonds. The molecule has 1 atom stereocenters. The molecule has 5 heteroatoms. The zero-order valence-corrected chi connectivity index (χ0v) is 17.2. The lowest BCUT2D eigenvalue weighted by Crippen LogP contribution is -2.29. The Labute approximate surface area is 179 Å². The van der Waals surface area contributed by atoms with E-state index in [0.29, 0.717) is 17.1 Å². The van der Waals surface area contributed by atoms with Gasteiger partial charge in [0.1, 0.15) is 17.4 Å². The molecule has 1 aliphatic heterocycles. The molecule has 0 bridgehead atoms. The Hall–Kier alpha value is -3.86. The fraction of sp³-hybridized carbons (Fsp3) is 0.154. The standard InChI is InChI=1S/C26H21NO4/c1-15-23(17-9-3-6-12-20(17)27-15)25(28)16(2)30-26(29)24-18-10-4-7-13-21(18)31-22-14-8-5-11-19(22)24/h3-14,16,24,27H,1-2H3/t16-/m0/s1. The summed E-state index contributed by atoms with van der Waals surface area (Å²) >= 11 is 0. The zero-order valence-electron chi connectivity index (χ0n) is 17.2. The Bertz CT molecular complexity index is 1270. The smallest absolute Gasteiger partial charge is 0.318 e. The fourth-order valence-corrected chi connectivity index (χ4v) is 4.26. The number of hydrogen-bond donors (Lipinski definition) is 1. The first-order chi connectivity index (χ1) is 15.0. The van der Waals surface area contributed by atoms with E-state index in [2.05, 4.69) is 4.98 Å². The van der Waals surface area contributed by atoms with Gasteiger partial charge in [0.2, 0.25) is 5.78 Å². The van der Waals surface area contributed by atoms with Crippen molar-refractivity contribution in [3.63, 3.8) is 0 Å². The number of para-hydroxylation sites is 3. The molecule has 2 heterocycles. The summed E-state index contributed by atoms with van der Waals surface area (Å²) in [5.41, 5.74) is 3.66. The number of ketones is 1. The lowest BCUT2D eigenvalue weighted by molar-refractivity contribution is -0.147. The van der Waals surface area contributed by atoms with Gasteiger partial charge in [-0.25, -0.2) is 0 Å². The number of Topliss-reactive ketones (excluding diaryl/α,β-unsaturated/α-hetero) is 1. The topological polar surface area (TPSA) is 68.4 Å². The summed E-state index contributed by atoms with van der Waals surface area (Å²) < 4.78 is 11.7. The van der Waals surface area contributed by atoms with Gasteiger partial charge >= 0.3 is 5.97 Å². The van der Waals surface area contributed by atoms with Gasteiger partial charge in [0.25, 0.3) is 0 Å². The molecule has 0 saturated carbocycles. The van der Waals surface area contributed by atoms with Gasteiger partial charge in [0.15, 0.2) is 6.10 Å². The van der Waals surface area contributed by atoms with Gasteiger partial charge in [-0.15, -0.1) is 0 Å². The largest absolute Gasteiger partial charge is 0.457 e. The summed E-state index contributed by atoms with van der Waals surface area (Å²) in [4.78, 5) is 29.8. The van der Waals surface area contributed by atoms with Crippen LogP contribution in [-0.4, -0.2) is 22.8 Å². The van der Waals surface area contributed by atoms with E-state index in [0.717, 1.165) is 27.7 Å². The summed E-state index contributed by atoms with van der Waals surface area (Å²) in [6, 6.07) is 22.4. The van der Waals surface area contributed by atoms with Crippen LogP contribution in [0.4, 0.5) is 0 Å². The highest BCUT2D eigenvalue weighted by molar-refractivity contribution is 6.11. The van der Waals surface area contributed by atoms with E-state index < -0.39 is 18.0 Å². The van der Waals surface area contributed by atoms with Crippen molar-refractivity contribution in [1.29, 1.82) is 0 Å². The van der Waals surface area contributed by atoms with E-state index in [9.17, 15) is 9.59 Å². The van der Waals surface area contributed by atoms with E-state index in [4.69, 9.17) is 9.47 Å². The number of aromatic nitrogens is 1. The highest BCUT2D eigenvalue weighted by atomic mass is 16.5. The van der Waals surface area contributed by atoms with Gasteiger partial charge in [0, 0.05) is 33.3 Å². The van der Waals surface area contributed by atoms with Gasteiger partial charge in [-0.1, -0.05) is 54.6 Å². The van der Waals surface area contributed by atoms with E-state index in [1.165, 1.54) is 0 Å². The quantitative estimate of drug-likeness (QED) is 0.354. The van der Waals surface area contributed by atoms with Gasteiger partial charge < -0.3 is 14.5 Å². The molecule has 0 radical (unpaired) electrons. The second kappa shape index (κ2) is 7.43. The molecule has 0 aliphatic carbocycles. The Kier molecular flexibility index (Phi) is 4.59. The van der Waals surface area contributed by atoms with Gasteiger partial charge in [0.05, 0.1) is 0 Å². The third kappa shape index (κ3) is 3.19. The maximum Gasteiger partial charge on any atom is 0.318 e. The van der Waals surface area contributed by atoms with Crippen LogP contribution in [-0.2, 0) is 9.53 Å².